The Balaban J connectivity index is 1.99. The van der Waals surface area contributed by atoms with Crippen LogP contribution in [-0.4, -0.2) is 4.98 Å². The highest BCUT2D eigenvalue weighted by atomic mass is 79.9. The second-order valence-corrected chi connectivity index (χ2v) is 7.73. The number of thiazole rings is 1. The Kier molecular flexibility index (Phi) is 4.99. The molecule has 0 aliphatic heterocycles. The Morgan fingerprint density at radius 1 is 1.30 bits per heavy atom. The normalized spacial score (nSPS) is 13.4. The first-order chi connectivity index (χ1) is 9.38. The quantitative estimate of drug-likeness (QED) is 0.832. The summed E-state index contributed by atoms with van der Waals surface area (Å²) in [6, 6.07) is 8.62. The summed E-state index contributed by atoms with van der Waals surface area (Å²) in [5.74, 6) is 0. The summed E-state index contributed by atoms with van der Waals surface area (Å²) >= 11 is 5.35. The van der Waals surface area contributed by atoms with E-state index in [1.165, 1.54) is 10.6 Å². The molecule has 0 bridgehead atoms. The molecule has 108 valence electrons. The molecule has 0 spiro atoms. The van der Waals surface area contributed by atoms with Crippen molar-refractivity contribution in [3.8, 4) is 0 Å². The average Bonchev–Trinajstić information content (AvgIpc) is 2.85. The van der Waals surface area contributed by atoms with E-state index in [9.17, 15) is 0 Å². The number of hydrogen-bond donors (Lipinski definition) is 1. The van der Waals surface area contributed by atoms with Crippen LogP contribution in [0.25, 0.3) is 0 Å². The highest BCUT2D eigenvalue weighted by molar-refractivity contribution is 9.10. The van der Waals surface area contributed by atoms with Gasteiger partial charge in [-0.3, -0.25) is 0 Å². The number of benzene rings is 1. The zero-order chi connectivity index (χ0) is 14.8. The molecule has 2 nitrogen and oxygen atoms in total. The molecule has 1 aromatic carbocycles. The SMILES string of the molecule is CC(NCc1csc(C(C)(C)C)n1)c1ccccc1Br. The van der Waals surface area contributed by atoms with E-state index in [0.717, 1.165) is 16.7 Å². The lowest BCUT2D eigenvalue weighted by Gasteiger charge is -2.15. The monoisotopic (exact) mass is 352 g/mol. The second-order valence-electron chi connectivity index (χ2n) is 6.02. The molecule has 2 rings (SSSR count). The molecule has 0 aliphatic rings. The summed E-state index contributed by atoms with van der Waals surface area (Å²) in [6.07, 6.45) is 0. The minimum Gasteiger partial charge on any atom is -0.304 e. The first-order valence-corrected chi connectivity index (χ1v) is 8.48. The van der Waals surface area contributed by atoms with Crippen molar-refractivity contribution >= 4 is 27.3 Å². The Morgan fingerprint density at radius 2 is 2.00 bits per heavy atom. The zero-order valence-electron chi connectivity index (χ0n) is 12.4. The Morgan fingerprint density at radius 3 is 2.60 bits per heavy atom. The van der Waals surface area contributed by atoms with E-state index in [1.54, 1.807) is 11.3 Å². The Hall–Kier alpha value is -0.710. The summed E-state index contributed by atoms with van der Waals surface area (Å²) < 4.78 is 1.15. The fourth-order valence-electron chi connectivity index (χ4n) is 1.93. The predicted octanol–water partition coefficient (Wildman–Crippen LogP) is 5.05. The molecule has 1 N–H and O–H groups in total. The first kappa shape index (κ1) is 15.7. The van der Waals surface area contributed by atoms with Crippen molar-refractivity contribution in [2.45, 2.75) is 45.7 Å². The van der Waals surface area contributed by atoms with Crippen LogP contribution in [-0.2, 0) is 12.0 Å². The topological polar surface area (TPSA) is 24.9 Å². The Bertz CT molecular complexity index is 572. The third kappa shape index (κ3) is 3.90. The highest BCUT2D eigenvalue weighted by Crippen LogP contribution is 2.26. The van der Waals surface area contributed by atoms with Crippen LogP contribution in [0.3, 0.4) is 0 Å². The number of aromatic nitrogens is 1. The third-order valence-corrected chi connectivity index (χ3v) is 5.19. The molecule has 1 aromatic heterocycles. The number of nitrogens with zero attached hydrogens (tertiary/aromatic N) is 1. The van der Waals surface area contributed by atoms with Gasteiger partial charge in [-0.25, -0.2) is 4.98 Å². The molecule has 1 heterocycles. The van der Waals surface area contributed by atoms with Crippen LogP contribution < -0.4 is 5.32 Å². The third-order valence-electron chi connectivity index (χ3n) is 3.15. The van der Waals surface area contributed by atoms with Crippen LogP contribution >= 0.6 is 27.3 Å². The molecule has 0 amide bonds. The van der Waals surface area contributed by atoms with E-state index in [4.69, 9.17) is 4.98 Å². The molecule has 0 fully saturated rings. The molecule has 2 aromatic rings. The van der Waals surface area contributed by atoms with Crippen molar-refractivity contribution in [2.24, 2.45) is 0 Å². The summed E-state index contributed by atoms with van der Waals surface area (Å²) in [7, 11) is 0. The molecular weight excluding hydrogens is 332 g/mol. The van der Waals surface area contributed by atoms with Gasteiger partial charge in [-0.05, 0) is 18.6 Å². The van der Waals surface area contributed by atoms with E-state index in [2.05, 4.69) is 72.5 Å². The molecule has 0 saturated heterocycles. The Labute approximate surface area is 133 Å². The van der Waals surface area contributed by atoms with Crippen molar-refractivity contribution in [1.29, 1.82) is 0 Å². The minimum absolute atomic E-state index is 0.136. The van der Waals surface area contributed by atoms with Crippen LogP contribution in [0, 0.1) is 0 Å². The van der Waals surface area contributed by atoms with Gasteiger partial charge in [0.15, 0.2) is 0 Å². The van der Waals surface area contributed by atoms with E-state index in [1.807, 2.05) is 6.07 Å². The minimum atomic E-state index is 0.136. The number of rotatable bonds is 4. The van der Waals surface area contributed by atoms with Crippen LogP contribution in [0.4, 0.5) is 0 Å². The van der Waals surface area contributed by atoms with Gasteiger partial charge in [0.25, 0.3) is 0 Å². The highest BCUT2D eigenvalue weighted by Gasteiger charge is 2.18. The standard InChI is InChI=1S/C16H21BrN2S/c1-11(13-7-5-6-8-14(13)17)18-9-12-10-20-15(19-12)16(2,3)4/h5-8,10-11,18H,9H2,1-4H3. The van der Waals surface area contributed by atoms with Gasteiger partial charge in [0.2, 0.25) is 0 Å². The summed E-state index contributed by atoms with van der Waals surface area (Å²) in [5.41, 5.74) is 2.54. The summed E-state index contributed by atoms with van der Waals surface area (Å²) in [5, 5.41) is 6.89. The molecule has 1 atom stereocenters. The van der Waals surface area contributed by atoms with Crippen LogP contribution in [0.15, 0.2) is 34.1 Å². The lowest BCUT2D eigenvalue weighted by molar-refractivity contribution is 0.555. The van der Waals surface area contributed by atoms with Gasteiger partial charge in [-0.2, -0.15) is 0 Å². The maximum Gasteiger partial charge on any atom is 0.0982 e. The smallest absolute Gasteiger partial charge is 0.0982 e. The number of hydrogen-bond acceptors (Lipinski definition) is 3. The number of halogens is 1. The molecule has 4 heteroatoms. The van der Waals surface area contributed by atoms with Crippen molar-refractivity contribution in [1.82, 2.24) is 10.3 Å². The van der Waals surface area contributed by atoms with Gasteiger partial charge < -0.3 is 5.32 Å². The van der Waals surface area contributed by atoms with Gasteiger partial charge in [-0.15, -0.1) is 11.3 Å². The van der Waals surface area contributed by atoms with E-state index in [0.29, 0.717) is 6.04 Å². The van der Waals surface area contributed by atoms with Gasteiger partial charge in [0.05, 0.1) is 10.7 Å². The molecule has 0 saturated carbocycles. The van der Waals surface area contributed by atoms with Gasteiger partial charge in [0.1, 0.15) is 0 Å². The van der Waals surface area contributed by atoms with E-state index < -0.39 is 0 Å². The summed E-state index contributed by atoms with van der Waals surface area (Å²) in [4.78, 5) is 4.71. The van der Waals surface area contributed by atoms with Crippen molar-refractivity contribution in [3.63, 3.8) is 0 Å². The van der Waals surface area contributed by atoms with Crippen LogP contribution in [0.1, 0.15) is 50.0 Å². The van der Waals surface area contributed by atoms with Crippen molar-refractivity contribution in [3.05, 3.63) is 50.4 Å². The summed E-state index contributed by atoms with van der Waals surface area (Å²) in [6.45, 7) is 9.58. The lowest BCUT2D eigenvalue weighted by atomic mass is 9.98. The molecule has 0 aliphatic carbocycles. The molecule has 20 heavy (non-hydrogen) atoms. The average molecular weight is 353 g/mol. The van der Waals surface area contributed by atoms with Crippen molar-refractivity contribution < 1.29 is 0 Å². The van der Waals surface area contributed by atoms with Gasteiger partial charge >= 0.3 is 0 Å². The van der Waals surface area contributed by atoms with Crippen molar-refractivity contribution in [2.75, 3.05) is 0 Å². The van der Waals surface area contributed by atoms with E-state index in [-0.39, 0.29) is 5.41 Å². The molecule has 1 unspecified atom stereocenters. The largest absolute Gasteiger partial charge is 0.304 e. The van der Waals surface area contributed by atoms with E-state index >= 15 is 0 Å². The maximum absolute atomic E-state index is 4.71. The fourth-order valence-corrected chi connectivity index (χ4v) is 3.46. The fraction of sp³-hybridized carbons (Fsp3) is 0.438. The second kappa shape index (κ2) is 6.37. The lowest BCUT2D eigenvalue weighted by Crippen LogP contribution is -2.19. The van der Waals surface area contributed by atoms with Gasteiger partial charge in [0, 0.05) is 27.9 Å². The maximum atomic E-state index is 4.71. The van der Waals surface area contributed by atoms with Crippen LogP contribution in [0.2, 0.25) is 0 Å². The van der Waals surface area contributed by atoms with Gasteiger partial charge in [-0.1, -0.05) is 54.9 Å². The zero-order valence-corrected chi connectivity index (χ0v) is 14.8. The van der Waals surface area contributed by atoms with Crippen LogP contribution in [0.5, 0.6) is 0 Å². The number of nitrogens with one attached hydrogen (secondary N) is 1. The molecule has 0 radical (unpaired) electrons. The molecular formula is C16H21BrN2S. The first-order valence-electron chi connectivity index (χ1n) is 6.80. The predicted molar refractivity (Wildman–Crippen MR) is 90.2 cm³/mol.